The average molecular weight is 372 g/mol. The largest absolute Gasteiger partial charge is 1.00 e. The zero-order valence-corrected chi connectivity index (χ0v) is 17.3. The quantitative estimate of drug-likeness (QED) is 0.425. The number of rotatable bonds is 1. The third-order valence-electron chi connectivity index (χ3n) is 0.990. The van der Waals surface area contributed by atoms with E-state index in [9.17, 15) is 0 Å². The molecule has 1 aromatic heterocycles. The van der Waals surface area contributed by atoms with E-state index in [4.69, 9.17) is 39.6 Å². The van der Waals surface area contributed by atoms with E-state index in [1.165, 1.54) is 0 Å². The van der Waals surface area contributed by atoms with Gasteiger partial charge in [0.05, 0.1) is 5.69 Å². The van der Waals surface area contributed by atoms with Crippen molar-refractivity contribution in [1.29, 1.82) is 0 Å². The Labute approximate surface area is 169 Å². The number of hydrogen-bond donors (Lipinski definition) is 4. The van der Waals surface area contributed by atoms with Gasteiger partial charge in [0, 0.05) is 33.9 Å². The van der Waals surface area contributed by atoms with Gasteiger partial charge >= 0.3 is 29.6 Å². The molecule has 0 saturated heterocycles. The third-order valence-corrected chi connectivity index (χ3v) is 0.990. The van der Waals surface area contributed by atoms with Crippen LogP contribution in [0.2, 0.25) is 0 Å². The van der Waals surface area contributed by atoms with Crippen LogP contribution in [0.4, 0.5) is 0 Å². The number of hydrogen-bond acceptors (Lipinski definition) is 6. The molecular weight excluding hydrogens is 347 g/mol. The van der Waals surface area contributed by atoms with Gasteiger partial charge in [0.1, 0.15) is 0 Å². The van der Waals surface area contributed by atoms with Crippen LogP contribution in [0.5, 0.6) is 0 Å². The van der Waals surface area contributed by atoms with E-state index in [2.05, 4.69) is 17.1 Å². The van der Waals surface area contributed by atoms with E-state index < -0.39 is 23.9 Å². The summed E-state index contributed by atoms with van der Waals surface area (Å²) in [4.78, 5) is 36.0. The van der Waals surface area contributed by atoms with Gasteiger partial charge in [-0.1, -0.05) is 6.92 Å². The van der Waals surface area contributed by atoms with Gasteiger partial charge in [0.25, 0.3) is 23.9 Å². The first-order valence-electron chi connectivity index (χ1n) is 6.41. The molecule has 11 heteroatoms. The van der Waals surface area contributed by atoms with E-state index in [1.54, 1.807) is 6.20 Å². The van der Waals surface area contributed by atoms with Crippen LogP contribution in [0, 0.1) is 0 Å². The van der Waals surface area contributed by atoms with Crippen molar-refractivity contribution in [3.8, 4) is 0 Å². The minimum Gasteiger partial charge on any atom is -1.00 e. The molecule has 0 aliphatic rings. The first kappa shape index (κ1) is 34.3. The molecule has 0 bridgehead atoms. The van der Waals surface area contributed by atoms with E-state index in [-0.39, 0.29) is 31.0 Å². The maximum Gasteiger partial charge on any atom is 1.00 e. The third kappa shape index (κ3) is 138. The average Bonchev–Trinajstić information content (AvgIpc) is 2.37. The molecule has 1 aromatic rings. The van der Waals surface area contributed by atoms with Gasteiger partial charge in [0.2, 0.25) is 0 Å². The van der Waals surface area contributed by atoms with Crippen LogP contribution in [-0.4, -0.2) is 54.5 Å². The molecule has 0 aliphatic carbocycles. The molecule has 1 rings (SSSR count). The fourth-order valence-electron chi connectivity index (χ4n) is 0.522. The van der Waals surface area contributed by atoms with E-state index in [0.717, 1.165) is 39.8 Å². The summed E-state index contributed by atoms with van der Waals surface area (Å²) in [6, 6.07) is 3.86. The molecule has 1 heterocycles. The molecule has 0 aromatic carbocycles. The second kappa shape index (κ2) is 26.8. The predicted molar refractivity (Wildman–Crippen MR) is 85.8 cm³/mol. The standard InChI is InChI=1S/C6H8N2.4C2H4O2.Na.H/c1-2-6-4-3-5-7-8-6;4*1-2(3)4;;/h3-5H,2H2,1H3;4*1H3,(H,3,4);;/q;;;;;+1;-1. The Morgan fingerprint density at radius 3 is 1.28 bits per heavy atom. The van der Waals surface area contributed by atoms with E-state index >= 15 is 0 Å². The molecule has 0 aliphatic heterocycles. The van der Waals surface area contributed by atoms with Crippen molar-refractivity contribution in [1.82, 2.24) is 10.2 Å². The van der Waals surface area contributed by atoms with Gasteiger partial charge in [-0.25, -0.2) is 0 Å². The zero-order chi connectivity index (χ0) is 20.1. The number of aryl methyl sites for hydroxylation is 1. The fourth-order valence-corrected chi connectivity index (χ4v) is 0.522. The second-order valence-electron chi connectivity index (χ2n) is 3.64. The monoisotopic (exact) mass is 372 g/mol. The SMILES string of the molecule is CC(=O)O.CC(=O)O.CC(=O)O.CC(=O)O.CCc1cccnn1.[H-].[Na+]. The number of nitrogens with zero attached hydrogens (tertiary/aromatic N) is 2. The molecule has 0 saturated carbocycles. The molecule has 0 atom stereocenters. The maximum absolute atomic E-state index is 9.00. The normalized spacial score (nSPS) is 6.92. The molecule has 25 heavy (non-hydrogen) atoms. The van der Waals surface area contributed by atoms with Crippen LogP contribution in [0.3, 0.4) is 0 Å². The van der Waals surface area contributed by atoms with Crippen LogP contribution in [0.25, 0.3) is 0 Å². The summed E-state index contributed by atoms with van der Waals surface area (Å²) < 4.78 is 0. The topological polar surface area (TPSA) is 175 Å². The van der Waals surface area contributed by atoms with Crippen molar-refractivity contribution in [2.24, 2.45) is 0 Å². The number of aliphatic carboxylic acids is 4. The first-order chi connectivity index (χ1) is 10.9. The summed E-state index contributed by atoms with van der Waals surface area (Å²) in [5, 5.41) is 37.2. The molecule has 0 fully saturated rings. The summed E-state index contributed by atoms with van der Waals surface area (Å²) in [6.45, 7) is 6.39. The van der Waals surface area contributed by atoms with Crippen molar-refractivity contribution in [3.63, 3.8) is 0 Å². The van der Waals surface area contributed by atoms with Gasteiger partial charge in [-0.05, 0) is 18.6 Å². The molecule has 0 spiro atoms. The van der Waals surface area contributed by atoms with Crippen molar-refractivity contribution in [2.75, 3.05) is 0 Å². The summed E-state index contributed by atoms with van der Waals surface area (Å²) in [5.74, 6) is -3.33. The number of aromatic nitrogens is 2. The molecule has 10 nitrogen and oxygen atoms in total. The van der Waals surface area contributed by atoms with Crippen LogP contribution < -0.4 is 29.6 Å². The van der Waals surface area contributed by atoms with Gasteiger partial charge in [-0.15, -0.1) is 0 Å². The van der Waals surface area contributed by atoms with Crippen molar-refractivity contribution in [3.05, 3.63) is 24.0 Å². The predicted octanol–water partition coefficient (Wildman–Crippen LogP) is -1.48. The zero-order valence-electron chi connectivity index (χ0n) is 16.3. The molecule has 140 valence electrons. The number of carbonyl (C=O) groups is 4. The Bertz CT molecular complexity index is 411. The van der Waals surface area contributed by atoms with Crippen molar-refractivity contribution >= 4 is 23.9 Å². The molecular formula is C14H25N2NaO8. The van der Waals surface area contributed by atoms with E-state index in [0.29, 0.717) is 0 Å². The van der Waals surface area contributed by atoms with Crippen molar-refractivity contribution < 1.29 is 70.6 Å². The minimum atomic E-state index is -0.833. The molecule has 0 radical (unpaired) electrons. The fraction of sp³-hybridized carbons (Fsp3) is 0.429. The van der Waals surface area contributed by atoms with Crippen LogP contribution in [-0.2, 0) is 25.6 Å². The van der Waals surface area contributed by atoms with Gasteiger partial charge in [-0.3, -0.25) is 19.2 Å². The number of carboxylic acids is 4. The van der Waals surface area contributed by atoms with Crippen LogP contribution in [0.1, 0.15) is 41.7 Å². The Kier molecular flexibility index (Phi) is 36.8. The van der Waals surface area contributed by atoms with Crippen molar-refractivity contribution in [2.45, 2.75) is 41.0 Å². The maximum atomic E-state index is 9.00. The van der Waals surface area contributed by atoms with Gasteiger partial charge in [-0.2, -0.15) is 10.2 Å². The van der Waals surface area contributed by atoms with Crippen LogP contribution >= 0.6 is 0 Å². The molecule has 0 amide bonds. The molecule has 0 unspecified atom stereocenters. The van der Waals surface area contributed by atoms with Crippen LogP contribution in [0.15, 0.2) is 18.3 Å². The summed E-state index contributed by atoms with van der Waals surface area (Å²) in [6.07, 6.45) is 2.65. The Hall–Kier alpha value is -2.04. The van der Waals surface area contributed by atoms with Gasteiger partial charge < -0.3 is 21.9 Å². The van der Waals surface area contributed by atoms with E-state index in [1.807, 2.05) is 12.1 Å². The minimum absolute atomic E-state index is 0. The summed E-state index contributed by atoms with van der Waals surface area (Å²) in [7, 11) is 0. The van der Waals surface area contributed by atoms with Gasteiger partial charge in [0.15, 0.2) is 0 Å². The Morgan fingerprint density at radius 1 is 0.880 bits per heavy atom. The summed E-state index contributed by atoms with van der Waals surface area (Å²) in [5.41, 5.74) is 1.05. The summed E-state index contributed by atoms with van der Waals surface area (Å²) >= 11 is 0. The second-order valence-corrected chi connectivity index (χ2v) is 3.64. The Morgan fingerprint density at radius 2 is 1.16 bits per heavy atom. The smallest absolute Gasteiger partial charge is 1.00 e. The Balaban J connectivity index is -0.0000000495. The first-order valence-corrected chi connectivity index (χ1v) is 6.41. The number of carboxylic acid groups (broad SMARTS) is 4. The molecule has 4 N–H and O–H groups in total.